The van der Waals surface area contributed by atoms with E-state index in [2.05, 4.69) is 32.3 Å². The molecule has 152 valence electrons. The minimum atomic E-state index is -0.0625. The molecular formula is C21H24IN5O2. The van der Waals surface area contributed by atoms with Crippen LogP contribution in [0.5, 0.6) is 0 Å². The quantitative estimate of drug-likeness (QED) is 0.337. The van der Waals surface area contributed by atoms with Gasteiger partial charge in [-0.1, -0.05) is 24.3 Å². The Morgan fingerprint density at radius 3 is 2.59 bits per heavy atom. The Morgan fingerprint density at radius 1 is 1.10 bits per heavy atom. The first-order valence-electron chi connectivity index (χ1n) is 9.37. The molecule has 1 fully saturated rings. The Morgan fingerprint density at radius 2 is 1.86 bits per heavy atom. The van der Waals surface area contributed by atoms with E-state index < -0.39 is 0 Å². The third kappa shape index (κ3) is 4.69. The van der Waals surface area contributed by atoms with Crippen LogP contribution in [0.15, 0.2) is 64.3 Å². The summed E-state index contributed by atoms with van der Waals surface area (Å²) in [6.45, 7) is 3.29. The molecule has 0 unspecified atom stereocenters. The highest BCUT2D eigenvalue weighted by Gasteiger charge is 2.25. The molecule has 29 heavy (non-hydrogen) atoms. The van der Waals surface area contributed by atoms with E-state index in [1.54, 1.807) is 19.2 Å². The number of halogens is 1. The molecule has 1 saturated heterocycles. The van der Waals surface area contributed by atoms with Gasteiger partial charge in [0.15, 0.2) is 11.7 Å². The van der Waals surface area contributed by atoms with Crippen LogP contribution in [0.25, 0.3) is 10.8 Å². The second-order valence-electron chi connectivity index (χ2n) is 6.64. The molecule has 7 nitrogen and oxygen atoms in total. The van der Waals surface area contributed by atoms with Crippen molar-refractivity contribution >= 4 is 46.6 Å². The number of hydrogen-bond donors (Lipinski definition) is 1. The second kappa shape index (κ2) is 9.73. The molecule has 0 aliphatic carbocycles. The average molecular weight is 505 g/mol. The lowest BCUT2D eigenvalue weighted by Crippen LogP contribution is -2.53. The number of benzene rings is 1. The number of carbonyl (C=O) groups is 1. The van der Waals surface area contributed by atoms with Gasteiger partial charge in [0.2, 0.25) is 0 Å². The summed E-state index contributed by atoms with van der Waals surface area (Å²) in [5.41, 5.74) is 0.992. The zero-order valence-corrected chi connectivity index (χ0v) is 18.6. The van der Waals surface area contributed by atoms with Gasteiger partial charge in [0, 0.05) is 44.8 Å². The van der Waals surface area contributed by atoms with Crippen LogP contribution in [0.4, 0.5) is 0 Å². The van der Waals surface area contributed by atoms with Crippen molar-refractivity contribution in [2.75, 3.05) is 33.2 Å². The fraction of sp³-hybridized carbons (Fsp3) is 0.286. The number of guanidine groups is 1. The van der Waals surface area contributed by atoms with E-state index in [1.165, 1.54) is 11.6 Å². The van der Waals surface area contributed by atoms with Gasteiger partial charge in [0.25, 0.3) is 5.91 Å². The number of carbonyl (C=O) groups excluding carboxylic acids is 1. The van der Waals surface area contributed by atoms with Crippen molar-refractivity contribution in [2.24, 2.45) is 4.99 Å². The van der Waals surface area contributed by atoms with E-state index in [4.69, 9.17) is 4.42 Å². The number of aromatic nitrogens is 1. The van der Waals surface area contributed by atoms with Gasteiger partial charge in [-0.25, -0.2) is 0 Å². The van der Waals surface area contributed by atoms with Gasteiger partial charge in [-0.15, -0.1) is 24.0 Å². The van der Waals surface area contributed by atoms with Crippen LogP contribution in [0, 0.1) is 0 Å². The minimum Gasteiger partial charge on any atom is -0.459 e. The maximum Gasteiger partial charge on any atom is 0.289 e. The van der Waals surface area contributed by atoms with E-state index in [0.717, 1.165) is 30.1 Å². The van der Waals surface area contributed by atoms with E-state index in [1.807, 2.05) is 29.3 Å². The van der Waals surface area contributed by atoms with Crippen LogP contribution in [0.3, 0.4) is 0 Å². The Balaban J connectivity index is 0.00000240. The molecule has 1 amide bonds. The number of aliphatic imine (C=N–C) groups is 1. The lowest BCUT2D eigenvalue weighted by Gasteiger charge is -2.36. The number of amides is 1. The molecule has 0 bridgehead atoms. The number of fused-ring (bicyclic) bond motifs is 1. The first-order chi connectivity index (χ1) is 13.8. The van der Waals surface area contributed by atoms with E-state index in [0.29, 0.717) is 25.4 Å². The fourth-order valence-corrected chi connectivity index (χ4v) is 3.50. The van der Waals surface area contributed by atoms with E-state index >= 15 is 0 Å². The lowest BCUT2D eigenvalue weighted by molar-refractivity contribution is 0.0657. The first kappa shape index (κ1) is 21.1. The van der Waals surface area contributed by atoms with Gasteiger partial charge in [0.1, 0.15) is 0 Å². The molecule has 0 spiro atoms. The smallest absolute Gasteiger partial charge is 0.289 e. The highest BCUT2D eigenvalue weighted by atomic mass is 127. The summed E-state index contributed by atoms with van der Waals surface area (Å²) in [6, 6.07) is 13.7. The zero-order valence-electron chi connectivity index (χ0n) is 16.2. The molecular weight excluding hydrogens is 481 g/mol. The average Bonchev–Trinajstić information content (AvgIpc) is 3.29. The lowest BCUT2D eigenvalue weighted by atomic mass is 10.1. The number of hydrogen-bond acceptors (Lipinski definition) is 4. The summed E-state index contributed by atoms with van der Waals surface area (Å²) in [5, 5.41) is 5.73. The molecule has 1 aromatic carbocycles. The number of furan rings is 1. The molecule has 0 atom stereocenters. The third-order valence-corrected chi connectivity index (χ3v) is 4.98. The molecule has 2 aromatic heterocycles. The van der Waals surface area contributed by atoms with Gasteiger partial charge < -0.3 is 19.5 Å². The van der Waals surface area contributed by atoms with Crippen molar-refractivity contribution in [2.45, 2.75) is 6.54 Å². The number of nitrogens with zero attached hydrogens (tertiary/aromatic N) is 4. The van der Waals surface area contributed by atoms with Gasteiger partial charge in [-0.2, -0.15) is 0 Å². The van der Waals surface area contributed by atoms with Crippen molar-refractivity contribution < 1.29 is 9.21 Å². The molecule has 3 heterocycles. The minimum absolute atomic E-state index is 0. The summed E-state index contributed by atoms with van der Waals surface area (Å²) in [6.07, 6.45) is 3.36. The summed E-state index contributed by atoms with van der Waals surface area (Å²) in [5.74, 6) is 1.14. The standard InChI is InChI=1S/C21H23N5O2.HI/c1-22-21(24-15-18-17-6-3-2-5-16(17)8-9-23-18)26-12-10-25(11-13-26)20(27)19-7-4-14-28-19;/h2-9,14H,10-13,15H2,1H3,(H,22,24);1H. The third-order valence-electron chi connectivity index (χ3n) is 4.98. The molecule has 4 rings (SSSR count). The van der Waals surface area contributed by atoms with Crippen LogP contribution in [-0.2, 0) is 6.54 Å². The number of piperazine rings is 1. The SMILES string of the molecule is CN=C(NCc1nccc2ccccc12)N1CCN(C(=O)c2ccco2)CC1.I. The number of rotatable bonds is 3. The normalized spacial score (nSPS) is 14.6. The molecule has 1 N–H and O–H groups in total. The van der Waals surface area contributed by atoms with Crippen molar-refractivity contribution in [1.29, 1.82) is 0 Å². The van der Waals surface area contributed by atoms with Gasteiger partial charge >= 0.3 is 0 Å². The molecule has 8 heteroatoms. The molecule has 3 aromatic rings. The maximum absolute atomic E-state index is 12.4. The van der Waals surface area contributed by atoms with Crippen LogP contribution in [0.2, 0.25) is 0 Å². The van der Waals surface area contributed by atoms with Crippen LogP contribution < -0.4 is 5.32 Å². The molecule has 0 saturated carbocycles. The predicted octanol–water partition coefficient (Wildman–Crippen LogP) is 2.98. The predicted molar refractivity (Wildman–Crippen MR) is 124 cm³/mol. The summed E-state index contributed by atoms with van der Waals surface area (Å²) in [4.78, 5) is 25.3. The van der Waals surface area contributed by atoms with Gasteiger partial charge in [0.05, 0.1) is 18.5 Å². The van der Waals surface area contributed by atoms with Crippen molar-refractivity contribution in [3.8, 4) is 0 Å². The van der Waals surface area contributed by atoms with Crippen LogP contribution >= 0.6 is 24.0 Å². The Labute approximate surface area is 186 Å². The number of nitrogens with one attached hydrogen (secondary N) is 1. The molecule has 1 aliphatic rings. The van der Waals surface area contributed by atoms with E-state index in [9.17, 15) is 4.79 Å². The Bertz CT molecular complexity index is 976. The first-order valence-corrected chi connectivity index (χ1v) is 9.37. The van der Waals surface area contributed by atoms with Crippen molar-refractivity contribution in [3.05, 3.63) is 66.4 Å². The largest absolute Gasteiger partial charge is 0.459 e. The Hall–Kier alpha value is -2.62. The summed E-state index contributed by atoms with van der Waals surface area (Å²) >= 11 is 0. The van der Waals surface area contributed by atoms with Crippen molar-refractivity contribution in [1.82, 2.24) is 20.1 Å². The molecule has 0 radical (unpaired) electrons. The van der Waals surface area contributed by atoms with Gasteiger partial charge in [-0.3, -0.25) is 14.8 Å². The highest BCUT2D eigenvalue weighted by Crippen LogP contribution is 2.16. The Kier molecular flexibility index (Phi) is 7.08. The highest BCUT2D eigenvalue weighted by molar-refractivity contribution is 14.0. The second-order valence-corrected chi connectivity index (χ2v) is 6.64. The maximum atomic E-state index is 12.4. The fourth-order valence-electron chi connectivity index (χ4n) is 3.50. The topological polar surface area (TPSA) is 74.0 Å². The van der Waals surface area contributed by atoms with E-state index in [-0.39, 0.29) is 29.9 Å². The monoisotopic (exact) mass is 505 g/mol. The summed E-state index contributed by atoms with van der Waals surface area (Å²) < 4.78 is 5.22. The van der Waals surface area contributed by atoms with Crippen LogP contribution in [-0.4, -0.2) is 59.9 Å². The zero-order chi connectivity index (χ0) is 19.3. The number of pyridine rings is 1. The van der Waals surface area contributed by atoms with Crippen molar-refractivity contribution in [3.63, 3.8) is 0 Å². The van der Waals surface area contributed by atoms with Crippen LogP contribution in [0.1, 0.15) is 16.2 Å². The van der Waals surface area contributed by atoms with Gasteiger partial charge in [-0.05, 0) is 23.6 Å². The molecule has 1 aliphatic heterocycles. The summed E-state index contributed by atoms with van der Waals surface area (Å²) in [7, 11) is 1.78.